The van der Waals surface area contributed by atoms with Gasteiger partial charge in [0.2, 0.25) is 0 Å². The second kappa shape index (κ2) is 6.06. The molecule has 2 N–H and O–H groups in total. The Bertz CT molecular complexity index is 495. The number of carboxylic acid groups (broad SMARTS) is 1. The van der Waals surface area contributed by atoms with Gasteiger partial charge in [-0.15, -0.1) is 0 Å². The van der Waals surface area contributed by atoms with Crippen LogP contribution in [0.4, 0.5) is 0 Å². The molecule has 19 heavy (non-hydrogen) atoms. The van der Waals surface area contributed by atoms with Crippen molar-refractivity contribution in [1.82, 2.24) is 5.32 Å². The van der Waals surface area contributed by atoms with Gasteiger partial charge in [0.15, 0.2) is 0 Å². The molecule has 5 heteroatoms. The molecule has 4 nitrogen and oxygen atoms in total. The Morgan fingerprint density at radius 1 is 1.32 bits per heavy atom. The fourth-order valence-electron chi connectivity index (χ4n) is 1.92. The van der Waals surface area contributed by atoms with E-state index < -0.39 is 17.4 Å². The molecule has 0 aliphatic heterocycles. The molecule has 0 radical (unpaired) electrons. The number of rotatable bonds is 5. The van der Waals surface area contributed by atoms with Gasteiger partial charge in [0.1, 0.15) is 5.54 Å². The number of carboxylic acids is 1. The quantitative estimate of drug-likeness (QED) is 0.873. The Morgan fingerprint density at radius 3 is 2.37 bits per heavy atom. The molecule has 0 bridgehead atoms. The Hall–Kier alpha value is -1.55. The summed E-state index contributed by atoms with van der Waals surface area (Å²) in [7, 11) is 0. The van der Waals surface area contributed by atoms with Crippen LogP contribution < -0.4 is 5.32 Å². The molecule has 0 unspecified atom stereocenters. The maximum atomic E-state index is 12.2. The van der Waals surface area contributed by atoms with Gasteiger partial charge in [-0.25, -0.2) is 4.79 Å². The molecule has 0 saturated carbocycles. The molecule has 0 atom stereocenters. The molecule has 0 aromatic heterocycles. The lowest BCUT2D eigenvalue weighted by Gasteiger charge is -2.28. The van der Waals surface area contributed by atoms with Gasteiger partial charge >= 0.3 is 5.97 Å². The predicted molar refractivity (Wildman–Crippen MR) is 74.6 cm³/mol. The lowest BCUT2D eigenvalue weighted by atomic mass is 9.92. The number of aliphatic carboxylic acids is 1. The summed E-state index contributed by atoms with van der Waals surface area (Å²) >= 11 is 5.96. The minimum atomic E-state index is -1.23. The van der Waals surface area contributed by atoms with Crippen LogP contribution in [-0.4, -0.2) is 22.5 Å². The van der Waals surface area contributed by atoms with Gasteiger partial charge in [-0.05, 0) is 37.5 Å². The minimum absolute atomic E-state index is 0.324. The first-order valence-corrected chi connectivity index (χ1v) is 6.56. The number of nitrogens with one attached hydrogen (secondary N) is 1. The fraction of sp³-hybridized carbons (Fsp3) is 0.429. The molecular formula is C14H18ClNO3. The van der Waals surface area contributed by atoms with Gasteiger partial charge in [0.05, 0.1) is 0 Å². The van der Waals surface area contributed by atoms with Crippen molar-refractivity contribution in [2.24, 2.45) is 0 Å². The number of carbonyl (C=O) groups excluding carboxylic acids is 1. The van der Waals surface area contributed by atoms with Crippen LogP contribution in [0.3, 0.4) is 0 Å². The highest BCUT2D eigenvalue weighted by molar-refractivity contribution is 6.31. The van der Waals surface area contributed by atoms with Crippen LogP contribution in [0.1, 0.15) is 42.6 Å². The third-order valence-electron chi connectivity index (χ3n) is 3.48. The zero-order valence-corrected chi connectivity index (χ0v) is 12.0. The zero-order chi connectivity index (χ0) is 14.6. The fourth-order valence-corrected chi connectivity index (χ4v) is 2.10. The van der Waals surface area contributed by atoms with Crippen molar-refractivity contribution in [3.05, 3.63) is 34.3 Å². The van der Waals surface area contributed by atoms with Crippen LogP contribution in [-0.2, 0) is 4.79 Å². The topological polar surface area (TPSA) is 66.4 Å². The first kappa shape index (κ1) is 15.5. The number of hydrogen-bond donors (Lipinski definition) is 2. The van der Waals surface area contributed by atoms with Crippen LogP contribution in [0.15, 0.2) is 18.2 Å². The highest BCUT2D eigenvalue weighted by Crippen LogP contribution is 2.21. The molecule has 0 fully saturated rings. The highest BCUT2D eigenvalue weighted by Gasteiger charge is 2.36. The summed E-state index contributed by atoms with van der Waals surface area (Å²) in [5.41, 5.74) is -0.181. The number of benzene rings is 1. The summed E-state index contributed by atoms with van der Waals surface area (Å²) in [5, 5.41) is 12.4. The van der Waals surface area contributed by atoms with Gasteiger partial charge < -0.3 is 10.4 Å². The smallest absolute Gasteiger partial charge is 0.329 e. The van der Waals surface area contributed by atoms with Gasteiger partial charge in [-0.1, -0.05) is 31.5 Å². The van der Waals surface area contributed by atoms with E-state index >= 15 is 0 Å². The summed E-state index contributed by atoms with van der Waals surface area (Å²) < 4.78 is 0. The molecule has 1 rings (SSSR count). The van der Waals surface area contributed by atoms with Crippen LogP contribution in [0, 0.1) is 6.92 Å². The standard InChI is InChI=1S/C14H18ClNO3/c1-4-14(5-2,13(18)19)16-12(17)10-7-6-8-11(15)9(10)3/h6-8H,4-5H2,1-3H3,(H,16,17)(H,18,19). The number of amides is 1. The van der Waals surface area contributed by atoms with E-state index in [2.05, 4.69) is 5.32 Å². The molecule has 104 valence electrons. The van der Waals surface area contributed by atoms with Crippen LogP contribution in [0.5, 0.6) is 0 Å². The van der Waals surface area contributed by atoms with E-state index in [1.807, 2.05) is 0 Å². The molecule has 1 aromatic carbocycles. The van der Waals surface area contributed by atoms with Gasteiger partial charge in [0.25, 0.3) is 5.91 Å². The molecule has 0 spiro atoms. The maximum Gasteiger partial charge on any atom is 0.329 e. The van der Waals surface area contributed by atoms with Gasteiger partial charge in [-0.2, -0.15) is 0 Å². The van der Waals surface area contributed by atoms with Crippen molar-refractivity contribution in [3.63, 3.8) is 0 Å². The number of hydrogen-bond acceptors (Lipinski definition) is 2. The third kappa shape index (κ3) is 3.07. The largest absolute Gasteiger partial charge is 0.480 e. The molecule has 0 saturated heterocycles. The van der Waals surface area contributed by atoms with Crippen molar-refractivity contribution in [1.29, 1.82) is 0 Å². The lowest BCUT2D eigenvalue weighted by molar-refractivity contribution is -0.144. The minimum Gasteiger partial charge on any atom is -0.480 e. The van der Waals surface area contributed by atoms with Gasteiger partial charge in [0, 0.05) is 10.6 Å². The summed E-state index contributed by atoms with van der Waals surface area (Å²) in [6, 6.07) is 5.00. The Morgan fingerprint density at radius 2 is 1.89 bits per heavy atom. The normalized spacial score (nSPS) is 11.2. The Labute approximate surface area is 117 Å². The molecule has 1 aromatic rings. The van der Waals surface area contributed by atoms with Gasteiger partial charge in [-0.3, -0.25) is 4.79 Å². The first-order valence-electron chi connectivity index (χ1n) is 6.19. The summed E-state index contributed by atoms with van der Waals surface area (Å²) in [6.45, 7) is 5.21. The molecule has 0 heterocycles. The van der Waals surface area contributed by atoms with Crippen LogP contribution in [0.25, 0.3) is 0 Å². The van der Waals surface area contributed by atoms with E-state index in [0.717, 1.165) is 0 Å². The molecular weight excluding hydrogens is 266 g/mol. The maximum absolute atomic E-state index is 12.2. The van der Waals surface area contributed by atoms with E-state index in [9.17, 15) is 14.7 Å². The van der Waals surface area contributed by atoms with Crippen molar-refractivity contribution < 1.29 is 14.7 Å². The molecule has 0 aliphatic rings. The van der Waals surface area contributed by atoms with Crippen molar-refractivity contribution >= 4 is 23.5 Å². The van der Waals surface area contributed by atoms with Crippen molar-refractivity contribution in [3.8, 4) is 0 Å². The second-order valence-corrected chi connectivity index (χ2v) is 4.87. The first-order chi connectivity index (χ1) is 8.88. The Balaban J connectivity index is 3.08. The predicted octanol–water partition coefficient (Wildman–Crippen LogP) is 3.02. The van der Waals surface area contributed by atoms with Crippen LogP contribution in [0.2, 0.25) is 5.02 Å². The lowest BCUT2D eigenvalue weighted by Crippen LogP contribution is -2.53. The third-order valence-corrected chi connectivity index (χ3v) is 3.89. The summed E-state index contributed by atoms with van der Waals surface area (Å²) in [4.78, 5) is 23.6. The van der Waals surface area contributed by atoms with Crippen LogP contribution >= 0.6 is 11.6 Å². The molecule has 0 aliphatic carbocycles. The monoisotopic (exact) mass is 283 g/mol. The summed E-state index contributed by atoms with van der Waals surface area (Å²) in [6.07, 6.45) is 0.647. The van der Waals surface area contributed by atoms with Crippen molar-refractivity contribution in [2.75, 3.05) is 0 Å². The highest BCUT2D eigenvalue weighted by atomic mass is 35.5. The van der Waals surface area contributed by atoms with E-state index in [1.165, 1.54) is 0 Å². The van der Waals surface area contributed by atoms with E-state index in [0.29, 0.717) is 29.0 Å². The zero-order valence-electron chi connectivity index (χ0n) is 11.3. The van der Waals surface area contributed by atoms with E-state index in [4.69, 9.17) is 11.6 Å². The van der Waals surface area contributed by atoms with E-state index in [-0.39, 0.29) is 0 Å². The number of halogens is 1. The Kier molecular flexibility index (Phi) is 4.95. The average Bonchev–Trinajstić information content (AvgIpc) is 2.38. The average molecular weight is 284 g/mol. The van der Waals surface area contributed by atoms with Crippen molar-refractivity contribution in [2.45, 2.75) is 39.2 Å². The second-order valence-electron chi connectivity index (χ2n) is 4.46. The SMILES string of the molecule is CCC(CC)(NC(=O)c1cccc(Cl)c1C)C(=O)O. The molecule has 1 amide bonds. The number of carbonyl (C=O) groups is 2. The summed E-state index contributed by atoms with van der Waals surface area (Å²) in [5.74, 6) is -1.43. The van der Waals surface area contributed by atoms with E-state index in [1.54, 1.807) is 39.0 Å².